The number of imide groups is 1. The lowest BCUT2D eigenvalue weighted by Crippen LogP contribution is -2.40. The zero-order valence-electron chi connectivity index (χ0n) is 12.4. The largest absolute Gasteiger partial charge is 0.464 e. The van der Waals surface area contributed by atoms with E-state index in [1.165, 1.54) is 0 Å². The molecule has 0 atom stereocenters. The van der Waals surface area contributed by atoms with Crippen molar-refractivity contribution < 1.29 is 18.8 Å². The molecule has 0 saturated carbocycles. The maximum atomic E-state index is 11.8. The average Bonchev–Trinajstić information content (AvgIpc) is 3.25. The van der Waals surface area contributed by atoms with E-state index in [2.05, 4.69) is 10.4 Å². The molecule has 3 amide bonds. The SMILES string of the molecule is O=C(CN1C(=O)CCC1=O)NCCn1cc(-c2ccco2)cn1. The lowest BCUT2D eigenvalue weighted by atomic mass is 10.3. The van der Waals surface area contributed by atoms with Gasteiger partial charge in [-0.25, -0.2) is 0 Å². The van der Waals surface area contributed by atoms with Gasteiger partial charge in [-0.2, -0.15) is 5.10 Å². The molecule has 1 aliphatic heterocycles. The van der Waals surface area contributed by atoms with Crippen molar-refractivity contribution in [1.29, 1.82) is 0 Å². The second-order valence-electron chi connectivity index (χ2n) is 5.19. The van der Waals surface area contributed by atoms with E-state index in [0.29, 0.717) is 13.1 Å². The van der Waals surface area contributed by atoms with Crippen molar-refractivity contribution in [3.63, 3.8) is 0 Å². The Labute approximate surface area is 132 Å². The van der Waals surface area contributed by atoms with Crippen LogP contribution in [0.15, 0.2) is 35.2 Å². The summed E-state index contributed by atoms with van der Waals surface area (Å²) in [5.74, 6) is -0.209. The molecule has 0 aromatic carbocycles. The number of carbonyl (C=O) groups is 3. The minimum Gasteiger partial charge on any atom is -0.464 e. The van der Waals surface area contributed by atoms with Crippen LogP contribution < -0.4 is 5.32 Å². The fourth-order valence-electron chi connectivity index (χ4n) is 2.36. The number of carbonyl (C=O) groups excluding carboxylic acids is 3. The summed E-state index contributed by atoms with van der Waals surface area (Å²) in [4.78, 5) is 35.6. The van der Waals surface area contributed by atoms with Crippen LogP contribution >= 0.6 is 0 Å². The topological polar surface area (TPSA) is 97.4 Å². The Hall–Kier alpha value is -2.90. The monoisotopic (exact) mass is 316 g/mol. The first-order valence-corrected chi connectivity index (χ1v) is 7.30. The van der Waals surface area contributed by atoms with Crippen LogP contribution in [0.3, 0.4) is 0 Å². The summed E-state index contributed by atoms with van der Waals surface area (Å²) in [5, 5.41) is 6.86. The van der Waals surface area contributed by atoms with E-state index in [9.17, 15) is 14.4 Å². The predicted molar refractivity (Wildman–Crippen MR) is 78.9 cm³/mol. The molecule has 1 aliphatic rings. The molecule has 120 valence electrons. The Morgan fingerprint density at radius 2 is 2.09 bits per heavy atom. The van der Waals surface area contributed by atoms with Crippen molar-refractivity contribution in [3.05, 3.63) is 30.8 Å². The van der Waals surface area contributed by atoms with E-state index < -0.39 is 0 Å². The number of nitrogens with one attached hydrogen (secondary N) is 1. The van der Waals surface area contributed by atoms with Crippen LogP contribution in [0.25, 0.3) is 11.3 Å². The van der Waals surface area contributed by atoms with Crippen LogP contribution in [-0.2, 0) is 20.9 Å². The lowest BCUT2D eigenvalue weighted by Gasteiger charge is -2.13. The van der Waals surface area contributed by atoms with E-state index in [-0.39, 0.29) is 37.1 Å². The maximum absolute atomic E-state index is 11.8. The molecule has 2 aromatic heterocycles. The van der Waals surface area contributed by atoms with Gasteiger partial charge in [0, 0.05) is 25.6 Å². The molecule has 0 aliphatic carbocycles. The third-order valence-electron chi connectivity index (χ3n) is 3.56. The summed E-state index contributed by atoms with van der Waals surface area (Å²) in [6, 6.07) is 3.64. The number of hydrogen-bond donors (Lipinski definition) is 1. The van der Waals surface area contributed by atoms with Gasteiger partial charge in [-0.3, -0.25) is 24.0 Å². The van der Waals surface area contributed by atoms with Crippen molar-refractivity contribution in [2.24, 2.45) is 0 Å². The lowest BCUT2D eigenvalue weighted by molar-refractivity contribution is -0.142. The second-order valence-corrected chi connectivity index (χ2v) is 5.19. The summed E-state index contributed by atoms with van der Waals surface area (Å²) in [6.45, 7) is 0.622. The molecule has 1 saturated heterocycles. The number of hydrogen-bond acceptors (Lipinski definition) is 5. The first kappa shape index (κ1) is 15.0. The first-order chi connectivity index (χ1) is 11.1. The molecule has 1 fully saturated rings. The van der Waals surface area contributed by atoms with Gasteiger partial charge >= 0.3 is 0 Å². The molecule has 3 rings (SSSR count). The Balaban J connectivity index is 1.45. The average molecular weight is 316 g/mol. The molecular formula is C15H16N4O4. The highest BCUT2D eigenvalue weighted by Crippen LogP contribution is 2.18. The summed E-state index contributed by atoms with van der Waals surface area (Å²) in [5.41, 5.74) is 0.856. The van der Waals surface area contributed by atoms with Gasteiger partial charge < -0.3 is 9.73 Å². The molecule has 2 aromatic rings. The fourth-order valence-corrected chi connectivity index (χ4v) is 2.36. The Morgan fingerprint density at radius 1 is 1.30 bits per heavy atom. The Bertz CT molecular complexity index is 704. The van der Waals surface area contributed by atoms with Gasteiger partial charge in [0.2, 0.25) is 17.7 Å². The highest BCUT2D eigenvalue weighted by atomic mass is 16.3. The van der Waals surface area contributed by atoms with Crippen LogP contribution in [0.1, 0.15) is 12.8 Å². The molecule has 8 heteroatoms. The van der Waals surface area contributed by atoms with E-state index in [1.54, 1.807) is 23.2 Å². The van der Waals surface area contributed by atoms with Crippen LogP contribution in [0.4, 0.5) is 0 Å². The van der Waals surface area contributed by atoms with Crippen molar-refractivity contribution >= 4 is 17.7 Å². The molecule has 0 unspecified atom stereocenters. The normalized spacial score (nSPS) is 14.5. The van der Waals surface area contributed by atoms with Gasteiger partial charge in [-0.1, -0.05) is 0 Å². The van der Waals surface area contributed by atoms with Crippen molar-refractivity contribution in [2.75, 3.05) is 13.1 Å². The number of aromatic nitrogens is 2. The summed E-state index contributed by atoms with van der Waals surface area (Å²) in [6.07, 6.45) is 5.47. The molecule has 0 bridgehead atoms. The second kappa shape index (κ2) is 6.47. The van der Waals surface area contributed by atoms with Gasteiger partial charge in [-0.05, 0) is 12.1 Å². The Morgan fingerprint density at radius 3 is 2.78 bits per heavy atom. The molecule has 8 nitrogen and oxygen atoms in total. The van der Waals surface area contributed by atoms with Crippen molar-refractivity contribution in [1.82, 2.24) is 20.0 Å². The Kier molecular flexibility index (Phi) is 4.22. The number of likely N-dealkylation sites (tertiary alicyclic amines) is 1. The third kappa shape index (κ3) is 3.47. The predicted octanol–water partition coefficient (Wildman–Crippen LogP) is 0.408. The highest BCUT2D eigenvalue weighted by molar-refractivity contribution is 6.04. The number of rotatable bonds is 6. The molecule has 0 radical (unpaired) electrons. The zero-order chi connectivity index (χ0) is 16.2. The van der Waals surface area contributed by atoms with Crippen LogP contribution in [0.2, 0.25) is 0 Å². The van der Waals surface area contributed by atoms with Crippen molar-refractivity contribution in [2.45, 2.75) is 19.4 Å². The number of nitrogens with zero attached hydrogens (tertiary/aromatic N) is 3. The molecule has 0 spiro atoms. The van der Waals surface area contributed by atoms with Gasteiger partial charge in [0.1, 0.15) is 12.3 Å². The summed E-state index contributed by atoms with van der Waals surface area (Å²) < 4.78 is 6.96. The van der Waals surface area contributed by atoms with Gasteiger partial charge in [-0.15, -0.1) is 0 Å². The van der Waals surface area contributed by atoms with E-state index >= 15 is 0 Å². The highest BCUT2D eigenvalue weighted by Gasteiger charge is 2.30. The molecule has 23 heavy (non-hydrogen) atoms. The number of amides is 3. The van der Waals surface area contributed by atoms with Crippen LogP contribution in [0, 0.1) is 0 Å². The quantitative estimate of drug-likeness (QED) is 0.778. The van der Waals surface area contributed by atoms with E-state index in [4.69, 9.17) is 4.42 Å². The number of furan rings is 1. The smallest absolute Gasteiger partial charge is 0.240 e. The molecule has 1 N–H and O–H groups in total. The molecule has 3 heterocycles. The van der Waals surface area contributed by atoms with Gasteiger partial charge in [0.25, 0.3) is 0 Å². The summed E-state index contributed by atoms with van der Waals surface area (Å²) >= 11 is 0. The fraction of sp³-hybridized carbons (Fsp3) is 0.333. The van der Waals surface area contributed by atoms with E-state index in [1.807, 2.05) is 12.3 Å². The van der Waals surface area contributed by atoms with Gasteiger partial charge in [0.15, 0.2) is 0 Å². The van der Waals surface area contributed by atoms with Gasteiger partial charge in [0.05, 0.1) is 24.6 Å². The van der Waals surface area contributed by atoms with E-state index in [0.717, 1.165) is 16.2 Å². The third-order valence-corrected chi connectivity index (χ3v) is 3.56. The molecular weight excluding hydrogens is 300 g/mol. The van der Waals surface area contributed by atoms with Crippen LogP contribution in [0.5, 0.6) is 0 Å². The summed E-state index contributed by atoms with van der Waals surface area (Å²) in [7, 11) is 0. The zero-order valence-corrected chi connectivity index (χ0v) is 12.4. The minimum absolute atomic E-state index is 0.189. The standard InChI is InChI=1S/C15H16N4O4/c20-13(10-19-14(21)3-4-15(19)22)16-5-6-18-9-11(8-17-18)12-2-1-7-23-12/h1-2,7-9H,3-6,10H2,(H,16,20). The maximum Gasteiger partial charge on any atom is 0.240 e. The first-order valence-electron chi connectivity index (χ1n) is 7.30. The minimum atomic E-state index is -0.355. The van der Waals surface area contributed by atoms with Crippen molar-refractivity contribution in [3.8, 4) is 11.3 Å². The van der Waals surface area contributed by atoms with Crippen LogP contribution in [-0.4, -0.2) is 45.5 Å².